The van der Waals surface area contributed by atoms with E-state index < -0.39 is 8.07 Å². The van der Waals surface area contributed by atoms with E-state index in [-0.39, 0.29) is 21.3 Å². The number of methoxy groups -OCH3 is 1. The minimum Gasteiger partial charge on any atom is -0.496 e. The zero-order valence-corrected chi connectivity index (χ0v) is 31.3. The first kappa shape index (κ1) is 32.1. The van der Waals surface area contributed by atoms with Gasteiger partial charge in [-0.25, -0.2) is 0 Å². The first-order chi connectivity index (χ1) is 19.5. The van der Waals surface area contributed by atoms with Gasteiger partial charge in [-0.1, -0.05) is 110 Å². The van der Waals surface area contributed by atoms with Crippen LogP contribution in [0.5, 0.6) is 5.75 Å². The summed E-state index contributed by atoms with van der Waals surface area (Å²) < 4.78 is 6.20. The van der Waals surface area contributed by atoms with Crippen LogP contribution in [0.2, 0.25) is 18.1 Å². The average molecular weight is 595 g/mol. The Labute approximate surface area is 264 Å². The SMILES string of the molecule is COc1c(C(C)(C)C)cc(-c2c3c(cc4c2CC(C)(C)C4)C([Si](C)(C)C2(C)C=C(C)C(C)=C2C)C(C)=C3)cc1C(C)(C)C. The van der Waals surface area contributed by atoms with Gasteiger partial charge in [0.1, 0.15) is 5.75 Å². The van der Waals surface area contributed by atoms with Crippen LogP contribution in [0.4, 0.5) is 0 Å². The fraction of sp³-hybridized carbons (Fsp3) is 0.561. The van der Waals surface area contributed by atoms with Crippen molar-refractivity contribution in [3.05, 3.63) is 79.9 Å². The highest BCUT2D eigenvalue weighted by molar-refractivity contribution is 6.83. The molecule has 0 N–H and O–H groups in total. The average Bonchev–Trinajstić information content (AvgIpc) is 3.43. The monoisotopic (exact) mass is 594 g/mol. The van der Waals surface area contributed by atoms with Crippen LogP contribution in [0.25, 0.3) is 17.2 Å². The van der Waals surface area contributed by atoms with E-state index in [1.807, 2.05) is 7.11 Å². The van der Waals surface area contributed by atoms with E-state index in [1.165, 1.54) is 39.0 Å². The lowest BCUT2D eigenvalue weighted by Crippen LogP contribution is -2.46. The van der Waals surface area contributed by atoms with Gasteiger partial charge in [0, 0.05) is 21.7 Å². The number of ether oxygens (including phenoxy) is 1. The first-order valence-electron chi connectivity index (χ1n) is 16.5. The van der Waals surface area contributed by atoms with Crippen LogP contribution in [0, 0.1) is 5.41 Å². The Kier molecular flexibility index (Phi) is 7.34. The molecule has 2 atom stereocenters. The number of hydrogen-bond acceptors (Lipinski definition) is 1. The minimum absolute atomic E-state index is 0.0338. The van der Waals surface area contributed by atoms with Gasteiger partial charge in [0.2, 0.25) is 0 Å². The Balaban J connectivity index is 1.84. The largest absolute Gasteiger partial charge is 0.496 e. The predicted octanol–water partition coefficient (Wildman–Crippen LogP) is 11.9. The summed E-state index contributed by atoms with van der Waals surface area (Å²) in [5.41, 5.74) is 18.5. The van der Waals surface area contributed by atoms with Gasteiger partial charge in [-0.3, -0.25) is 0 Å². The molecule has 3 aliphatic carbocycles. The van der Waals surface area contributed by atoms with E-state index in [2.05, 4.69) is 133 Å². The van der Waals surface area contributed by atoms with Crippen molar-refractivity contribution in [2.75, 3.05) is 7.11 Å². The van der Waals surface area contributed by atoms with E-state index >= 15 is 0 Å². The Morgan fingerprint density at radius 1 is 0.837 bits per heavy atom. The summed E-state index contributed by atoms with van der Waals surface area (Å²) in [4.78, 5) is 0. The third kappa shape index (κ3) is 4.86. The Bertz CT molecular complexity index is 1570. The third-order valence-electron chi connectivity index (χ3n) is 11.8. The third-order valence-corrected chi connectivity index (χ3v) is 17.2. The molecule has 0 spiro atoms. The second-order valence-corrected chi connectivity index (χ2v) is 22.9. The molecule has 0 bridgehead atoms. The molecule has 3 aliphatic rings. The maximum Gasteiger partial charge on any atom is 0.126 e. The molecular weight excluding hydrogens is 537 g/mol. The molecule has 43 heavy (non-hydrogen) atoms. The lowest BCUT2D eigenvalue weighted by atomic mass is 9.76. The van der Waals surface area contributed by atoms with Crippen molar-refractivity contribution in [1.29, 1.82) is 0 Å². The lowest BCUT2D eigenvalue weighted by Gasteiger charge is -2.46. The van der Waals surface area contributed by atoms with Gasteiger partial charge in [0.25, 0.3) is 0 Å². The number of hydrogen-bond donors (Lipinski definition) is 0. The zero-order valence-electron chi connectivity index (χ0n) is 30.3. The van der Waals surface area contributed by atoms with Gasteiger partial charge in [-0.2, -0.15) is 0 Å². The van der Waals surface area contributed by atoms with Crippen molar-refractivity contribution >= 4 is 14.1 Å². The smallest absolute Gasteiger partial charge is 0.126 e. The molecule has 2 unspecified atom stereocenters. The maximum absolute atomic E-state index is 6.20. The molecule has 1 nitrogen and oxygen atoms in total. The zero-order chi connectivity index (χ0) is 32.2. The highest BCUT2D eigenvalue weighted by Crippen LogP contribution is 2.61. The molecule has 0 radical (unpaired) electrons. The van der Waals surface area contributed by atoms with Gasteiger partial charge < -0.3 is 4.74 Å². The van der Waals surface area contributed by atoms with Crippen LogP contribution in [0.1, 0.15) is 129 Å². The molecule has 0 aliphatic heterocycles. The van der Waals surface area contributed by atoms with Crippen LogP contribution < -0.4 is 4.74 Å². The molecule has 5 rings (SSSR count). The predicted molar refractivity (Wildman–Crippen MR) is 191 cm³/mol. The van der Waals surface area contributed by atoms with Crippen molar-refractivity contribution in [2.24, 2.45) is 5.41 Å². The fourth-order valence-electron chi connectivity index (χ4n) is 8.89. The van der Waals surface area contributed by atoms with Gasteiger partial charge in [0.05, 0.1) is 15.2 Å². The molecule has 2 heteroatoms. The molecular formula is C41H58OSi. The quantitative estimate of drug-likeness (QED) is 0.320. The van der Waals surface area contributed by atoms with E-state index in [9.17, 15) is 0 Å². The van der Waals surface area contributed by atoms with E-state index in [0.717, 1.165) is 18.6 Å². The summed E-state index contributed by atoms with van der Waals surface area (Å²) in [7, 11) is -0.0851. The number of rotatable bonds is 4. The van der Waals surface area contributed by atoms with Crippen LogP contribution in [0.3, 0.4) is 0 Å². The van der Waals surface area contributed by atoms with E-state index in [0.29, 0.717) is 5.54 Å². The Morgan fingerprint density at radius 3 is 1.86 bits per heavy atom. The molecule has 0 saturated carbocycles. The van der Waals surface area contributed by atoms with E-state index in [1.54, 1.807) is 27.8 Å². The highest BCUT2D eigenvalue weighted by atomic mass is 28.3. The number of fused-ring (bicyclic) bond motifs is 2. The van der Waals surface area contributed by atoms with Crippen molar-refractivity contribution in [2.45, 2.75) is 137 Å². The van der Waals surface area contributed by atoms with Crippen LogP contribution in [-0.4, -0.2) is 15.2 Å². The Morgan fingerprint density at radius 2 is 1.40 bits per heavy atom. The molecule has 0 aromatic heterocycles. The molecule has 0 saturated heterocycles. The normalized spacial score (nSPS) is 23.4. The molecule has 0 heterocycles. The summed E-state index contributed by atoms with van der Waals surface area (Å²) in [6.07, 6.45) is 7.50. The topological polar surface area (TPSA) is 9.23 Å². The highest BCUT2D eigenvalue weighted by Gasteiger charge is 2.53. The summed E-state index contributed by atoms with van der Waals surface area (Å²) in [5, 5.41) is 0.139. The summed E-state index contributed by atoms with van der Waals surface area (Å²) in [6.45, 7) is 36.2. The van der Waals surface area contributed by atoms with Crippen molar-refractivity contribution in [3.8, 4) is 16.9 Å². The van der Waals surface area contributed by atoms with Crippen LogP contribution >= 0.6 is 0 Å². The molecule has 232 valence electrons. The van der Waals surface area contributed by atoms with Gasteiger partial charge in [-0.05, 0) is 108 Å². The minimum atomic E-state index is -1.93. The van der Waals surface area contributed by atoms with Gasteiger partial charge in [-0.15, -0.1) is 0 Å². The second-order valence-electron chi connectivity index (χ2n) is 17.8. The molecule has 2 aromatic rings. The second kappa shape index (κ2) is 9.84. The molecule has 0 amide bonds. The summed E-state index contributed by atoms with van der Waals surface area (Å²) in [6, 6.07) is 7.62. The molecule has 0 fully saturated rings. The Hall–Kier alpha value is -2.32. The van der Waals surface area contributed by atoms with E-state index in [4.69, 9.17) is 4.74 Å². The van der Waals surface area contributed by atoms with Crippen molar-refractivity contribution in [3.63, 3.8) is 0 Å². The maximum atomic E-state index is 6.20. The fourth-order valence-corrected chi connectivity index (χ4v) is 13.5. The van der Waals surface area contributed by atoms with Crippen LogP contribution in [0.15, 0.2) is 46.6 Å². The van der Waals surface area contributed by atoms with Gasteiger partial charge in [0.15, 0.2) is 0 Å². The standard InChI is InChI=1S/C41H58OSi/c1-24-17-30-31(37(24)43(15,16)41(13)21-25(2)26(3)27(41)4)18-29-22-40(11,12)23-32(29)35(30)28-19-33(38(5,6)7)36(42-14)34(20-28)39(8,9)10/h17-21,37H,22-23H2,1-16H3. The summed E-state index contributed by atoms with van der Waals surface area (Å²) in [5.74, 6) is 1.06. The van der Waals surface area contributed by atoms with Crippen molar-refractivity contribution in [1.82, 2.24) is 0 Å². The van der Waals surface area contributed by atoms with Crippen molar-refractivity contribution < 1.29 is 4.74 Å². The van der Waals surface area contributed by atoms with Crippen LogP contribution in [-0.2, 0) is 23.7 Å². The molecule has 2 aromatic carbocycles. The first-order valence-corrected chi connectivity index (χ1v) is 19.6. The number of allylic oxidation sites excluding steroid dienone is 5. The lowest BCUT2D eigenvalue weighted by molar-refractivity contribution is 0.381. The number of benzene rings is 2. The summed E-state index contributed by atoms with van der Waals surface area (Å²) >= 11 is 0. The van der Waals surface area contributed by atoms with Gasteiger partial charge >= 0.3 is 0 Å².